The molecule has 2 aromatic rings. The minimum atomic E-state index is -0.394. The van der Waals surface area contributed by atoms with Gasteiger partial charge >= 0.3 is 0 Å². The molecule has 0 saturated heterocycles. The third-order valence-corrected chi connectivity index (χ3v) is 3.10. The van der Waals surface area contributed by atoms with Crippen molar-refractivity contribution in [2.24, 2.45) is 5.73 Å². The van der Waals surface area contributed by atoms with Gasteiger partial charge in [0.05, 0.1) is 12.8 Å². The third kappa shape index (κ3) is 3.15. The number of aromatic nitrogens is 2. The average molecular weight is 278 g/mol. The minimum absolute atomic E-state index is 0.228. The number of likely N-dealkylation sites (N-methyl/N-ethyl adjacent to an activating group) is 1. The molecule has 6 heteroatoms. The Labute approximate surface area is 117 Å². The van der Waals surface area contributed by atoms with Crippen molar-refractivity contribution in [2.45, 2.75) is 6.54 Å². The number of nitrogens with two attached hydrogens (primary N) is 1. The molecule has 0 spiro atoms. The molecule has 0 radical (unpaired) electrons. The second kappa shape index (κ2) is 6.49. The van der Waals surface area contributed by atoms with Gasteiger partial charge in [-0.15, -0.1) is 0 Å². The quantitative estimate of drug-likeness (QED) is 0.842. The Morgan fingerprint density at radius 1 is 1.45 bits per heavy atom. The van der Waals surface area contributed by atoms with Crippen LogP contribution in [0.3, 0.4) is 0 Å². The smallest absolute Gasteiger partial charge is 0.165 e. The molecule has 0 fully saturated rings. The van der Waals surface area contributed by atoms with E-state index in [1.165, 1.54) is 13.2 Å². The maximum atomic E-state index is 13.8. The molecule has 0 bridgehead atoms. The summed E-state index contributed by atoms with van der Waals surface area (Å²) in [7, 11) is 3.43. The van der Waals surface area contributed by atoms with Gasteiger partial charge in [-0.1, -0.05) is 0 Å². The summed E-state index contributed by atoms with van der Waals surface area (Å²) in [5.41, 5.74) is 8.00. The first-order valence-electron chi connectivity index (χ1n) is 6.41. The maximum absolute atomic E-state index is 13.8. The van der Waals surface area contributed by atoms with E-state index < -0.39 is 5.82 Å². The molecular weight excluding hydrogens is 259 g/mol. The summed E-state index contributed by atoms with van der Waals surface area (Å²) in [4.78, 5) is 2.09. The Morgan fingerprint density at radius 2 is 2.25 bits per heavy atom. The van der Waals surface area contributed by atoms with Crippen molar-refractivity contribution in [1.29, 1.82) is 0 Å². The third-order valence-electron chi connectivity index (χ3n) is 3.10. The number of benzene rings is 1. The number of nitrogens with one attached hydrogen (secondary N) is 1. The van der Waals surface area contributed by atoms with Gasteiger partial charge in [0.1, 0.15) is 0 Å². The molecule has 0 aliphatic carbocycles. The summed E-state index contributed by atoms with van der Waals surface area (Å²) in [6, 6.07) is 4.83. The fourth-order valence-electron chi connectivity index (χ4n) is 2.09. The monoisotopic (exact) mass is 278 g/mol. The van der Waals surface area contributed by atoms with Crippen molar-refractivity contribution in [1.82, 2.24) is 15.1 Å². The lowest BCUT2D eigenvalue weighted by Gasteiger charge is -2.15. The van der Waals surface area contributed by atoms with E-state index in [-0.39, 0.29) is 5.75 Å². The molecule has 0 atom stereocenters. The highest BCUT2D eigenvalue weighted by Gasteiger charge is 2.12. The molecule has 5 nitrogen and oxygen atoms in total. The SMILES string of the molecule is COc1ccc(-c2n[nH]cc2CN(C)CCN)cc1F. The summed E-state index contributed by atoms with van der Waals surface area (Å²) in [5.74, 6) is -0.166. The van der Waals surface area contributed by atoms with Crippen LogP contribution in [0.5, 0.6) is 5.75 Å². The number of hydrogen-bond acceptors (Lipinski definition) is 4. The molecule has 20 heavy (non-hydrogen) atoms. The number of halogens is 1. The first-order chi connectivity index (χ1) is 9.65. The number of aromatic amines is 1. The standard InChI is InChI=1S/C14H19FN4O/c1-19(6-5-16)9-11-8-17-18-14(11)10-3-4-13(20-2)12(15)7-10/h3-4,7-8H,5-6,9,16H2,1-2H3,(H,17,18). The predicted octanol–water partition coefficient (Wildman–Crippen LogP) is 1.61. The van der Waals surface area contributed by atoms with Gasteiger partial charge < -0.3 is 15.4 Å². The zero-order valence-corrected chi connectivity index (χ0v) is 11.7. The molecular formula is C14H19FN4O. The summed E-state index contributed by atoms with van der Waals surface area (Å²) in [6.45, 7) is 2.10. The van der Waals surface area contributed by atoms with Crippen LogP contribution in [-0.4, -0.2) is 42.3 Å². The molecule has 1 aromatic carbocycles. The van der Waals surface area contributed by atoms with Gasteiger partial charge in [-0.25, -0.2) is 4.39 Å². The minimum Gasteiger partial charge on any atom is -0.494 e. The van der Waals surface area contributed by atoms with Crippen LogP contribution in [0.15, 0.2) is 24.4 Å². The lowest BCUT2D eigenvalue weighted by molar-refractivity contribution is 0.337. The normalized spacial score (nSPS) is 11.1. The molecule has 0 saturated carbocycles. The second-order valence-corrected chi connectivity index (χ2v) is 4.63. The Balaban J connectivity index is 2.25. The number of hydrogen-bond donors (Lipinski definition) is 2. The number of nitrogens with zero attached hydrogens (tertiary/aromatic N) is 2. The zero-order chi connectivity index (χ0) is 14.5. The van der Waals surface area contributed by atoms with Crippen molar-refractivity contribution < 1.29 is 9.13 Å². The molecule has 1 aromatic heterocycles. The number of methoxy groups -OCH3 is 1. The molecule has 0 unspecified atom stereocenters. The maximum Gasteiger partial charge on any atom is 0.165 e. The largest absolute Gasteiger partial charge is 0.494 e. The van der Waals surface area contributed by atoms with Gasteiger partial charge in [-0.05, 0) is 25.2 Å². The van der Waals surface area contributed by atoms with Gasteiger partial charge in [0.15, 0.2) is 11.6 Å². The van der Waals surface area contributed by atoms with Crippen LogP contribution in [-0.2, 0) is 6.54 Å². The molecule has 0 aliphatic rings. The van der Waals surface area contributed by atoms with Gasteiger partial charge in [-0.2, -0.15) is 5.10 Å². The van der Waals surface area contributed by atoms with Crippen LogP contribution < -0.4 is 10.5 Å². The number of H-pyrrole nitrogens is 1. The lowest BCUT2D eigenvalue weighted by atomic mass is 10.1. The highest BCUT2D eigenvalue weighted by molar-refractivity contribution is 5.63. The first-order valence-corrected chi connectivity index (χ1v) is 6.41. The second-order valence-electron chi connectivity index (χ2n) is 4.63. The molecule has 3 N–H and O–H groups in total. The fraction of sp³-hybridized carbons (Fsp3) is 0.357. The summed E-state index contributed by atoms with van der Waals surface area (Å²) in [6.07, 6.45) is 1.82. The number of ether oxygens (including phenoxy) is 1. The zero-order valence-electron chi connectivity index (χ0n) is 11.7. The Bertz CT molecular complexity index is 570. The van der Waals surface area contributed by atoms with E-state index >= 15 is 0 Å². The van der Waals surface area contributed by atoms with E-state index in [0.29, 0.717) is 13.1 Å². The van der Waals surface area contributed by atoms with E-state index in [1.54, 1.807) is 12.1 Å². The summed E-state index contributed by atoms with van der Waals surface area (Å²) >= 11 is 0. The van der Waals surface area contributed by atoms with E-state index in [0.717, 1.165) is 23.4 Å². The molecule has 2 rings (SSSR count). The van der Waals surface area contributed by atoms with Crippen LogP contribution >= 0.6 is 0 Å². The van der Waals surface area contributed by atoms with Gasteiger partial charge in [-0.3, -0.25) is 5.10 Å². The van der Waals surface area contributed by atoms with Crippen molar-refractivity contribution in [2.75, 3.05) is 27.2 Å². The van der Waals surface area contributed by atoms with Gasteiger partial charge in [0.2, 0.25) is 0 Å². The van der Waals surface area contributed by atoms with Crippen LogP contribution in [0.2, 0.25) is 0 Å². The van der Waals surface area contributed by atoms with Crippen molar-refractivity contribution in [3.63, 3.8) is 0 Å². The molecule has 0 amide bonds. The molecule has 0 aliphatic heterocycles. The van der Waals surface area contributed by atoms with E-state index in [1.807, 2.05) is 13.2 Å². The Kier molecular flexibility index (Phi) is 4.70. The van der Waals surface area contributed by atoms with E-state index in [9.17, 15) is 4.39 Å². The van der Waals surface area contributed by atoms with Crippen LogP contribution in [0.25, 0.3) is 11.3 Å². The molecule has 1 heterocycles. The Hall–Kier alpha value is -1.92. The van der Waals surface area contributed by atoms with Crippen LogP contribution in [0.1, 0.15) is 5.56 Å². The van der Waals surface area contributed by atoms with Crippen LogP contribution in [0.4, 0.5) is 4.39 Å². The predicted molar refractivity (Wildman–Crippen MR) is 75.9 cm³/mol. The number of rotatable bonds is 6. The van der Waals surface area contributed by atoms with Crippen molar-refractivity contribution in [3.05, 3.63) is 35.8 Å². The average Bonchev–Trinajstić information content (AvgIpc) is 2.87. The van der Waals surface area contributed by atoms with Gasteiger partial charge in [0, 0.05) is 37.0 Å². The first kappa shape index (κ1) is 14.5. The van der Waals surface area contributed by atoms with Crippen molar-refractivity contribution in [3.8, 4) is 17.0 Å². The highest BCUT2D eigenvalue weighted by Crippen LogP contribution is 2.26. The fourth-order valence-corrected chi connectivity index (χ4v) is 2.09. The van der Waals surface area contributed by atoms with Gasteiger partial charge in [0.25, 0.3) is 0 Å². The van der Waals surface area contributed by atoms with Crippen molar-refractivity contribution >= 4 is 0 Å². The molecule has 108 valence electrons. The highest BCUT2D eigenvalue weighted by atomic mass is 19.1. The summed E-state index contributed by atoms with van der Waals surface area (Å²) in [5, 5.41) is 7.04. The lowest BCUT2D eigenvalue weighted by Crippen LogP contribution is -2.25. The summed E-state index contributed by atoms with van der Waals surface area (Å²) < 4.78 is 18.7. The van der Waals surface area contributed by atoms with E-state index in [4.69, 9.17) is 10.5 Å². The Morgan fingerprint density at radius 3 is 2.90 bits per heavy atom. The van der Waals surface area contributed by atoms with Crippen LogP contribution in [0, 0.1) is 5.82 Å². The van der Waals surface area contributed by atoms with E-state index in [2.05, 4.69) is 15.1 Å². The topological polar surface area (TPSA) is 67.2 Å².